The minimum absolute atomic E-state index is 0.200. The Labute approximate surface area is 172 Å². The first-order valence-corrected chi connectivity index (χ1v) is 11.7. The molecule has 0 aromatic rings. The number of ether oxygens (including phenoxy) is 2. The molecule has 4 nitrogen and oxygen atoms in total. The van der Waals surface area contributed by atoms with Gasteiger partial charge in [-0.15, -0.1) is 0 Å². The molecule has 1 rings (SSSR count). The van der Waals surface area contributed by atoms with Crippen LogP contribution in [0.4, 0.5) is 0 Å². The van der Waals surface area contributed by atoms with Gasteiger partial charge < -0.3 is 9.47 Å². The van der Waals surface area contributed by atoms with Crippen molar-refractivity contribution in [2.75, 3.05) is 13.2 Å². The second-order valence-electron chi connectivity index (χ2n) is 8.00. The first kappa shape index (κ1) is 24.7. The predicted molar refractivity (Wildman–Crippen MR) is 114 cm³/mol. The molecule has 0 heterocycles. The van der Waals surface area contributed by atoms with Crippen LogP contribution >= 0.6 is 0 Å². The fourth-order valence-corrected chi connectivity index (χ4v) is 3.73. The summed E-state index contributed by atoms with van der Waals surface area (Å²) in [7, 11) is 0. The lowest BCUT2D eigenvalue weighted by atomic mass is 9.83. The zero-order valence-electron chi connectivity index (χ0n) is 18.3. The van der Waals surface area contributed by atoms with Crippen LogP contribution in [0.1, 0.15) is 104 Å². The molecule has 0 saturated heterocycles. The van der Waals surface area contributed by atoms with E-state index < -0.39 is 0 Å². The van der Waals surface area contributed by atoms with Crippen molar-refractivity contribution in [1.29, 1.82) is 0 Å². The third kappa shape index (κ3) is 10.9. The summed E-state index contributed by atoms with van der Waals surface area (Å²) in [6.07, 6.45) is 18.2. The predicted octanol–water partition coefficient (Wildman–Crippen LogP) is 6.38. The van der Waals surface area contributed by atoms with Crippen LogP contribution in [0.15, 0.2) is 12.2 Å². The summed E-state index contributed by atoms with van der Waals surface area (Å²) >= 11 is 0. The van der Waals surface area contributed by atoms with Gasteiger partial charge in [0.05, 0.1) is 25.0 Å². The molecule has 0 spiro atoms. The first-order valence-electron chi connectivity index (χ1n) is 11.7. The topological polar surface area (TPSA) is 52.6 Å². The highest BCUT2D eigenvalue weighted by atomic mass is 16.5. The lowest BCUT2D eigenvalue weighted by Gasteiger charge is -2.25. The Morgan fingerprint density at radius 3 is 1.54 bits per heavy atom. The SMILES string of the molecule is CCCCCCOC(=O)C1CCC/C=C\CCCC1C(=O)OCCCCCC. The van der Waals surface area contributed by atoms with Crippen LogP contribution in [0.3, 0.4) is 0 Å². The van der Waals surface area contributed by atoms with Crippen LogP contribution in [0.2, 0.25) is 0 Å². The fraction of sp³-hybridized carbons (Fsp3) is 0.833. The quantitative estimate of drug-likeness (QED) is 0.219. The van der Waals surface area contributed by atoms with Crippen molar-refractivity contribution in [3.8, 4) is 0 Å². The molecule has 0 bridgehead atoms. The maximum Gasteiger partial charge on any atom is 0.309 e. The van der Waals surface area contributed by atoms with Crippen molar-refractivity contribution in [2.45, 2.75) is 104 Å². The third-order valence-electron chi connectivity index (χ3n) is 5.51. The molecule has 162 valence electrons. The molecule has 0 aliphatic heterocycles. The second kappa shape index (κ2) is 16.6. The third-order valence-corrected chi connectivity index (χ3v) is 5.51. The Kier molecular flexibility index (Phi) is 14.7. The minimum atomic E-state index is -0.360. The van der Waals surface area contributed by atoms with E-state index >= 15 is 0 Å². The minimum Gasteiger partial charge on any atom is -0.465 e. The molecule has 1 aliphatic carbocycles. The molecule has 2 unspecified atom stereocenters. The summed E-state index contributed by atoms with van der Waals surface area (Å²) in [5, 5.41) is 0. The molecular weight excluding hydrogens is 352 g/mol. The van der Waals surface area contributed by atoms with E-state index in [1.165, 1.54) is 12.8 Å². The number of esters is 2. The number of unbranched alkanes of at least 4 members (excludes halogenated alkanes) is 6. The van der Waals surface area contributed by atoms with Crippen molar-refractivity contribution < 1.29 is 19.1 Å². The van der Waals surface area contributed by atoms with Crippen LogP contribution < -0.4 is 0 Å². The average Bonchev–Trinajstić information content (AvgIpc) is 2.70. The molecule has 0 N–H and O–H groups in total. The maximum absolute atomic E-state index is 12.8. The zero-order valence-corrected chi connectivity index (χ0v) is 18.3. The van der Waals surface area contributed by atoms with Crippen molar-refractivity contribution in [2.24, 2.45) is 11.8 Å². The Bertz CT molecular complexity index is 404. The first-order chi connectivity index (χ1) is 13.7. The van der Waals surface area contributed by atoms with E-state index in [9.17, 15) is 9.59 Å². The van der Waals surface area contributed by atoms with Gasteiger partial charge in [-0.3, -0.25) is 9.59 Å². The van der Waals surface area contributed by atoms with Gasteiger partial charge in [-0.25, -0.2) is 0 Å². The van der Waals surface area contributed by atoms with E-state index in [1.54, 1.807) is 0 Å². The van der Waals surface area contributed by atoms with Crippen LogP contribution in [0.5, 0.6) is 0 Å². The number of hydrogen-bond acceptors (Lipinski definition) is 4. The lowest BCUT2D eigenvalue weighted by Crippen LogP contribution is -2.33. The number of rotatable bonds is 12. The Morgan fingerprint density at radius 2 is 1.14 bits per heavy atom. The van der Waals surface area contributed by atoms with Gasteiger partial charge in [0, 0.05) is 0 Å². The molecule has 4 heteroatoms. The van der Waals surface area contributed by atoms with Gasteiger partial charge in [-0.2, -0.15) is 0 Å². The molecule has 0 radical (unpaired) electrons. The summed E-state index contributed by atoms with van der Waals surface area (Å²) in [5.74, 6) is -1.12. The van der Waals surface area contributed by atoms with E-state index in [0.29, 0.717) is 26.1 Å². The van der Waals surface area contributed by atoms with E-state index in [1.807, 2.05) is 0 Å². The summed E-state index contributed by atoms with van der Waals surface area (Å²) in [5.41, 5.74) is 0. The van der Waals surface area contributed by atoms with Gasteiger partial charge >= 0.3 is 11.9 Å². The van der Waals surface area contributed by atoms with Gasteiger partial charge in [0.2, 0.25) is 0 Å². The highest BCUT2D eigenvalue weighted by molar-refractivity contribution is 5.82. The molecule has 0 fully saturated rings. The largest absolute Gasteiger partial charge is 0.465 e. The maximum atomic E-state index is 12.8. The molecule has 2 atom stereocenters. The van der Waals surface area contributed by atoms with Crippen molar-refractivity contribution in [3.05, 3.63) is 12.2 Å². The van der Waals surface area contributed by atoms with Crippen LogP contribution in [-0.4, -0.2) is 25.2 Å². The average molecular weight is 395 g/mol. The number of hydrogen-bond donors (Lipinski definition) is 0. The molecule has 28 heavy (non-hydrogen) atoms. The summed E-state index contributed by atoms with van der Waals surface area (Å²) in [6.45, 7) is 5.26. The summed E-state index contributed by atoms with van der Waals surface area (Å²) in [6, 6.07) is 0. The molecule has 0 saturated carbocycles. The summed E-state index contributed by atoms with van der Waals surface area (Å²) in [4.78, 5) is 25.6. The molecular formula is C24H42O4. The second-order valence-corrected chi connectivity index (χ2v) is 8.00. The highest BCUT2D eigenvalue weighted by Gasteiger charge is 2.35. The molecule has 0 aromatic carbocycles. The molecule has 0 aromatic heterocycles. The Morgan fingerprint density at radius 1 is 0.714 bits per heavy atom. The van der Waals surface area contributed by atoms with Gasteiger partial charge in [-0.1, -0.05) is 64.5 Å². The van der Waals surface area contributed by atoms with Crippen molar-refractivity contribution >= 4 is 11.9 Å². The van der Waals surface area contributed by atoms with Crippen molar-refractivity contribution in [1.82, 2.24) is 0 Å². The van der Waals surface area contributed by atoms with Crippen LogP contribution in [0.25, 0.3) is 0 Å². The zero-order chi connectivity index (χ0) is 20.5. The van der Waals surface area contributed by atoms with E-state index in [0.717, 1.165) is 64.2 Å². The molecule has 0 amide bonds. The standard InChI is InChI=1S/C24H42O4/c1-3-5-7-15-19-27-23(25)21-17-13-11-9-10-12-14-18-22(21)24(26)28-20-16-8-6-4-2/h9-10,21-22H,3-8,11-20H2,1-2H3/b10-9-. The molecule has 1 aliphatic rings. The number of allylic oxidation sites excluding steroid dienone is 2. The Balaban J connectivity index is 2.62. The van der Waals surface area contributed by atoms with Gasteiger partial charge in [-0.05, 0) is 51.4 Å². The Hall–Kier alpha value is -1.32. The smallest absolute Gasteiger partial charge is 0.309 e. The van der Waals surface area contributed by atoms with Crippen LogP contribution in [-0.2, 0) is 19.1 Å². The fourth-order valence-electron chi connectivity index (χ4n) is 3.73. The van der Waals surface area contributed by atoms with Gasteiger partial charge in [0.1, 0.15) is 0 Å². The van der Waals surface area contributed by atoms with Gasteiger partial charge in [0.15, 0.2) is 0 Å². The normalized spacial score (nSPS) is 21.6. The van der Waals surface area contributed by atoms with Gasteiger partial charge in [0.25, 0.3) is 0 Å². The summed E-state index contributed by atoms with van der Waals surface area (Å²) < 4.78 is 11.1. The van der Waals surface area contributed by atoms with E-state index in [2.05, 4.69) is 26.0 Å². The monoisotopic (exact) mass is 394 g/mol. The van der Waals surface area contributed by atoms with E-state index in [4.69, 9.17) is 9.47 Å². The number of carbonyl (C=O) groups is 2. The number of carbonyl (C=O) groups excluding carboxylic acids is 2. The highest BCUT2D eigenvalue weighted by Crippen LogP contribution is 2.28. The van der Waals surface area contributed by atoms with Crippen molar-refractivity contribution in [3.63, 3.8) is 0 Å². The van der Waals surface area contributed by atoms with Crippen LogP contribution in [0, 0.1) is 11.8 Å². The van der Waals surface area contributed by atoms with E-state index in [-0.39, 0.29) is 23.8 Å². The lowest BCUT2D eigenvalue weighted by molar-refractivity contribution is -0.161.